The van der Waals surface area contributed by atoms with Crippen LogP contribution < -0.4 is 10.2 Å². The van der Waals surface area contributed by atoms with E-state index in [0.717, 1.165) is 41.8 Å². The van der Waals surface area contributed by atoms with Crippen molar-refractivity contribution >= 4 is 22.5 Å². The topological polar surface area (TPSA) is 99.7 Å². The quantitative estimate of drug-likeness (QED) is 0.754. The van der Waals surface area contributed by atoms with Crippen molar-refractivity contribution < 1.29 is 4.79 Å². The van der Waals surface area contributed by atoms with Gasteiger partial charge in [-0.15, -0.1) is 5.10 Å². The fourth-order valence-corrected chi connectivity index (χ4v) is 3.37. The third-order valence-electron chi connectivity index (χ3n) is 4.67. The molecule has 0 spiro atoms. The summed E-state index contributed by atoms with van der Waals surface area (Å²) >= 11 is 0. The number of fused-ring (bicyclic) bond motifs is 1. The smallest absolute Gasteiger partial charge is 0.252 e. The van der Waals surface area contributed by atoms with Gasteiger partial charge in [-0.3, -0.25) is 9.78 Å². The fraction of sp³-hybridized carbons (Fsp3) is 0.316. The first kappa shape index (κ1) is 17.0. The van der Waals surface area contributed by atoms with E-state index >= 15 is 0 Å². The number of benzene rings is 1. The Morgan fingerprint density at radius 2 is 2.26 bits per heavy atom. The molecule has 0 bridgehead atoms. The molecule has 0 saturated carbocycles. The van der Waals surface area contributed by atoms with Crippen LogP contribution in [0.1, 0.15) is 17.9 Å². The van der Waals surface area contributed by atoms with Crippen molar-refractivity contribution in [3.05, 3.63) is 48.2 Å². The molecule has 8 heteroatoms. The number of nitrogens with zero attached hydrogens (tertiary/aromatic N) is 6. The van der Waals surface area contributed by atoms with E-state index in [0.29, 0.717) is 0 Å². The normalized spacial score (nSPS) is 16.4. The molecule has 1 aliphatic rings. The molecule has 2 aromatic heterocycles. The number of aryl methyl sites for hydroxylation is 1. The molecule has 0 radical (unpaired) electrons. The molecule has 1 fully saturated rings. The first-order chi connectivity index (χ1) is 13.1. The van der Waals surface area contributed by atoms with Crippen LogP contribution >= 0.6 is 0 Å². The lowest BCUT2D eigenvalue weighted by molar-refractivity contribution is -0.122. The Hall–Kier alpha value is -3.47. The summed E-state index contributed by atoms with van der Waals surface area (Å²) in [6.45, 7) is 3.70. The summed E-state index contributed by atoms with van der Waals surface area (Å²) in [6, 6.07) is 12.3. The number of amides is 1. The molecule has 1 amide bonds. The number of pyridine rings is 1. The maximum absolute atomic E-state index is 12.2. The Kier molecular flexibility index (Phi) is 4.42. The number of carbonyl (C=O) groups is 1. The molecule has 3 heterocycles. The van der Waals surface area contributed by atoms with Crippen molar-refractivity contribution in [2.75, 3.05) is 18.0 Å². The third kappa shape index (κ3) is 3.72. The molecule has 1 aliphatic heterocycles. The standard InChI is InChI=1S/C19H19N7O/c1-13-2-3-14-8-16(4-5-17(14)22-13)25-7-6-15(10-25)23-19(27)11-26-12-21-18(9-20)24-26/h2-5,8,12,15H,6-7,10-11H2,1H3,(H,23,27)/t15-/m1/s1. The van der Waals surface area contributed by atoms with Crippen molar-refractivity contribution in [1.82, 2.24) is 25.1 Å². The molecule has 3 aromatic rings. The highest BCUT2D eigenvalue weighted by Crippen LogP contribution is 2.24. The Morgan fingerprint density at radius 3 is 3.07 bits per heavy atom. The molecular weight excluding hydrogens is 342 g/mol. The molecule has 1 N–H and O–H groups in total. The molecular formula is C19H19N7O. The largest absolute Gasteiger partial charge is 0.369 e. The van der Waals surface area contributed by atoms with Gasteiger partial charge >= 0.3 is 0 Å². The Bertz CT molecular complexity index is 1040. The zero-order valence-corrected chi connectivity index (χ0v) is 15.0. The summed E-state index contributed by atoms with van der Waals surface area (Å²) in [5, 5.41) is 16.8. The minimum Gasteiger partial charge on any atom is -0.369 e. The van der Waals surface area contributed by atoms with Gasteiger partial charge in [0.2, 0.25) is 5.91 Å². The van der Waals surface area contributed by atoms with Gasteiger partial charge in [0, 0.05) is 35.9 Å². The summed E-state index contributed by atoms with van der Waals surface area (Å²) in [5.41, 5.74) is 3.14. The van der Waals surface area contributed by atoms with Crippen LogP contribution in [0.2, 0.25) is 0 Å². The predicted octanol–water partition coefficient (Wildman–Crippen LogP) is 1.40. The zero-order chi connectivity index (χ0) is 18.8. The highest BCUT2D eigenvalue weighted by atomic mass is 16.2. The molecule has 0 unspecified atom stereocenters. The molecule has 0 aliphatic carbocycles. The van der Waals surface area contributed by atoms with E-state index in [9.17, 15) is 4.79 Å². The highest BCUT2D eigenvalue weighted by molar-refractivity contribution is 5.83. The van der Waals surface area contributed by atoms with Crippen LogP contribution in [-0.4, -0.2) is 44.8 Å². The van der Waals surface area contributed by atoms with Gasteiger partial charge in [0.15, 0.2) is 0 Å². The summed E-state index contributed by atoms with van der Waals surface area (Å²) in [7, 11) is 0. The molecule has 1 saturated heterocycles. The van der Waals surface area contributed by atoms with Crippen molar-refractivity contribution in [3.63, 3.8) is 0 Å². The fourth-order valence-electron chi connectivity index (χ4n) is 3.37. The second-order valence-corrected chi connectivity index (χ2v) is 6.71. The lowest BCUT2D eigenvalue weighted by Crippen LogP contribution is -2.39. The summed E-state index contributed by atoms with van der Waals surface area (Å²) in [4.78, 5) is 22.8. The molecule has 1 aromatic carbocycles. The van der Waals surface area contributed by atoms with Crippen LogP contribution in [0.5, 0.6) is 0 Å². The second kappa shape index (κ2) is 7.03. The average molecular weight is 361 g/mol. The number of carbonyl (C=O) groups excluding carboxylic acids is 1. The van der Waals surface area contributed by atoms with Crippen LogP contribution in [-0.2, 0) is 11.3 Å². The summed E-state index contributed by atoms with van der Waals surface area (Å²) in [6.07, 6.45) is 2.28. The monoisotopic (exact) mass is 361 g/mol. The molecule has 8 nitrogen and oxygen atoms in total. The summed E-state index contributed by atoms with van der Waals surface area (Å²) < 4.78 is 1.37. The lowest BCUT2D eigenvalue weighted by Gasteiger charge is -2.19. The van der Waals surface area contributed by atoms with Crippen molar-refractivity contribution in [2.45, 2.75) is 25.9 Å². The van der Waals surface area contributed by atoms with Crippen LogP contribution in [0, 0.1) is 18.3 Å². The molecule has 4 rings (SSSR count). The first-order valence-electron chi connectivity index (χ1n) is 8.82. The van der Waals surface area contributed by atoms with Gasteiger partial charge in [-0.25, -0.2) is 9.67 Å². The van der Waals surface area contributed by atoms with Gasteiger partial charge in [-0.2, -0.15) is 5.26 Å². The molecule has 27 heavy (non-hydrogen) atoms. The highest BCUT2D eigenvalue weighted by Gasteiger charge is 2.24. The van der Waals surface area contributed by atoms with Gasteiger partial charge in [0.25, 0.3) is 5.82 Å². The van der Waals surface area contributed by atoms with E-state index in [4.69, 9.17) is 5.26 Å². The van der Waals surface area contributed by atoms with Crippen molar-refractivity contribution in [2.24, 2.45) is 0 Å². The maximum Gasteiger partial charge on any atom is 0.252 e. The van der Waals surface area contributed by atoms with Crippen LogP contribution in [0.3, 0.4) is 0 Å². The minimum absolute atomic E-state index is 0.0617. The lowest BCUT2D eigenvalue weighted by atomic mass is 10.1. The third-order valence-corrected chi connectivity index (χ3v) is 4.67. The number of hydrogen-bond donors (Lipinski definition) is 1. The zero-order valence-electron chi connectivity index (χ0n) is 15.0. The Morgan fingerprint density at radius 1 is 1.37 bits per heavy atom. The number of rotatable bonds is 4. The number of nitrogens with one attached hydrogen (secondary N) is 1. The SMILES string of the molecule is Cc1ccc2cc(N3CC[C@@H](NC(=O)Cn4cnc(C#N)n4)C3)ccc2n1. The number of nitriles is 1. The van der Waals surface area contributed by atoms with Crippen LogP contribution in [0.25, 0.3) is 10.9 Å². The van der Waals surface area contributed by atoms with Crippen molar-refractivity contribution in [1.29, 1.82) is 5.26 Å². The number of aromatic nitrogens is 4. The van der Waals surface area contributed by atoms with Gasteiger partial charge in [-0.05, 0) is 37.6 Å². The van der Waals surface area contributed by atoms with Gasteiger partial charge < -0.3 is 10.2 Å². The molecule has 1 atom stereocenters. The Balaban J connectivity index is 1.37. The predicted molar refractivity (Wildman–Crippen MR) is 100.0 cm³/mol. The van der Waals surface area contributed by atoms with E-state index in [2.05, 4.69) is 43.5 Å². The van der Waals surface area contributed by atoms with Gasteiger partial charge in [0.05, 0.1) is 5.52 Å². The van der Waals surface area contributed by atoms with E-state index in [1.165, 1.54) is 11.0 Å². The number of hydrogen-bond acceptors (Lipinski definition) is 6. The second-order valence-electron chi connectivity index (χ2n) is 6.71. The van der Waals surface area contributed by atoms with E-state index in [-0.39, 0.29) is 24.3 Å². The summed E-state index contributed by atoms with van der Waals surface area (Å²) in [5.74, 6) is -0.0646. The van der Waals surface area contributed by atoms with Crippen LogP contribution in [0.15, 0.2) is 36.7 Å². The molecule has 136 valence electrons. The van der Waals surface area contributed by atoms with Crippen LogP contribution in [0.4, 0.5) is 5.69 Å². The van der Waals surface area contributed by atoms with Gasteiger partial charge in [0.1, 0.15) is 18.9 Å². The first-order valence-corrected chi connectivity index (χ1v) is 8.82. The maximum atomic E-state index is 12.2. The minimum atomic E-state index is -0.130. The average Bonchev–Trinajstić information content (AvgIpc) is 3.30. The van der Waals surface area contributed by atoms with E-state index in [1.807, 2.05) is 25.1 Å². The van der Waals surface area contributed by atoms with E-state index in [1.54, 1.807) is 0 Å². The van der Waals surface area contributed by atoms with Gasteiger partial charge in [-0.1, -0.05) is 6.07 Å². The van der Waals surface area contributed by atoms with Crippen molar-refractivity contribution in [3.8, 4) is 6.07 Å². The van der Waals surface area contributed by atoms with E-state index < -0.39 is 0 Å². The Labute approximate surface area is 156 Å². The number of anilines is 1.